The van der Waals surface area contributed by atoms with Crippen LogP contribution < -0.4 is 9.62 Å². The number of aliphatic imine (C=N–C) groups is 1. The van der Waals surface area contributed by atoms with E-state index in [1.54, 1.807) is 18.0 Å². The molecule has 1 amide bonds. The van der Waals surface area contributed by atoms with Gasteiger partial charge in [-0.1, -0.05) is 42.8 Å². The zero-order valence-electron chi connectivity index (χ0n) is 22.8. The Hall–Kier alpha value is -3.13. The topological polar surface area (TPSA) is 47.9 Å². The van der Waals surface area contributed by atoms with Crippen LogP contribution in [0.5, 0.6) is 0 Å². The van der Waals surface area contributed by atoms with Crippen LogP contribution in [0.1, 0.15) is 54.8 Å². The van der Waals surface area contributed by atoms with E-state index in [1.807, 2.05) is 66.4 Å². The molecule has 0 aromatic heterocycles. The lowest BCUT2D eigenvalue weighted by atomic mass is 9.87. The zero-order valence-corrected chi connectivity index (χ0v) is 24.4. The highest BCUT2D eigenvalue weighted by molar-refractivity contribution is 7.97. The molecule has 1 aliphatic heterocycles. The minimum Gasteiger partial charge on any atom is -0.339 e. The van der Waals surface area contributed by atoms with Gasteiger partial charge in [-0.2, -0.15) is 0 Å². The van der Waals surface area contributed by atoms with Crippen molar-refractivity contribution in [2.75, 3.05) is 25.0 Å². The van der Waals surface area contributed by atoms with Gasteiger partial charge in [0.15, 0.2) is 0 Å². The predicted molar refractivity (Wildman–Crippen MR) is 164 cm³/mol. The summed E-state index contributed by atoms with van der Waals surface area (Å²) in [6.07, 6.45) is 7.37. The summed E-state index contributed by atoms with van der Waals surface area (Å²) in [4.78, 5) is 23.4. The lowest BCUT2D eigenvalue weighted by molar-refractivity contribution is -0.118. The Morgan fingerprint density at radius 1 is 1.20 bits per heavy atom. The highest BCUT2D eigenvalue weighted by Crippen LogP contribution is 2.36. The van der Waals surface area contributed by atoms with Crippen molar-refractivity contribution in [3.63, 3.8) is 0 Å². The average Bonchev–Trinajstić information content (AvgIpc) is 2.95. The first-order valence-corrected chi connectivity index (χ1v) is 14.9. The number of carbonyl (C=O) groups is 1. The number of likely N-dealkylation sites (N-methyl/N-ethyl adjacent to an activating group) is 1. The van der Waals surface area contributed by atoms with Crippen LogP contribution in [0.25, 0.3) is 0 Å². The van der Waals surface area contributed by atoms with Crippen molar-refractivity contribution < 1.29 is 9.18 Å². The minimum atomic E-state index is -0.289. The number of halogens is 2. The molecule has 5 nitrogen and oxygen atoms in total. The second kappa shape index (κ2) is 13.0. The maximum atomic E-state index is 13.9. The number of amidine groups is 1. The van der Waals surface area contributed by atoms with E-state index in [0.29, 0.717) is 18.1 Å². The van der Waals surface area contributed by atoms with E-state index < -0.39 is 0 Å². The fourth-order valence-corrected chi connectivity index (χ4v) is 6.35. The first-order chi connectivity index (χ1) is 19.4. The molecule has 0 spiro atoms. The highest BCUT2D eigenvalue weighted by Gasteiger charge is 2.26. The molecule has 3 aromatic carbocycles. The smallest absolute Gasteiger partial charge is 0.228 e. The molecule has 2 unspecified atom stereocenters. The van der Waals surface area contributed by atoms with Crippen LogP contribution in [0.15, 0.2) is 88.9 Å². The number of nitrogens with zero attached hydrogens (tertiary/aromatic N) is 3. The summed E-state index contributed by atoms with van der Waals surface area (Å²) in [5.74, 6) is 0.398. The second-order valence-electron chi connectivity index (χ2n) is 10.4. The van der Waals surface area contributed by atoms with Crippen LogP contribution in [0, 0.1) is 5.82 Å². The lowest BCUT2D eigenvalue weighted by Gasteiger charge is -2.31. The molecule has 1 aliphatic carbocycles. The van der Waals surface area contributed by atoms with E-state index in [9.17, 15) is 9.18 Å². The summed E-state index contributed by atoms with van der Waals surface area (Å²) < 4.78 is 17.5. The largest absolute Gasteiger partial charge is 0.339 e. The van der Waals surface area contributed by atoms with Crippen LogP contribution in [0.4, 0.5) is 10.1 Å². The number of aryl methyl sites for hydroxylation is 1. The third-order valence-electron chi connectivity index (χ3n) is 7.49. The monoisotopic (exact) mass is 576 g/mol. The number of carbonyl (C=O) groups excluding carboxylic acids is 1. The van der Waals surface area contributed by atoms with Crippen LogP contribution in [0.2, 0.25) is 5.02 Å². The minimum absolute atomic E-state index is 0.0176. The quantitative estimate of drug-likeness (QED) is 0.267. The molecule has 2 atom stereocenters. The predicted octanol–water partition coefficient (Wildman–Crippen LogP) is 7.54. The fourth-order valence-electron chi connectivity index (χ4n) is 5.24. The summed E-state index contributed by atoms with van der Waals surface area (Å²) in [5.41, 5.74) is 4.18. The molecule has 2 aliphatic rings. The van der Waals surface area contributed by atoms with Gasteiger partial charge in [0.1, 0.15) is 11.7 Å². The Balaban J connectivity index is 1.41. The Morgan fingerprint density at radius 2 is 2.05 bits per heavy atom. The van der Waals surface area contributed by atoms with Crippen molar-refractivity contribution in [1.82, 2.24) is 9.62 Å². The molecule has 8 heteroatoms. The molecule has 0 radical (unpaired) electrons. The maximum absolute atomic E-state index is 13.9. The van der Waals surface area contributed by atoms with E-state index in [2.05, 4.69) is 27.9 Å². The molecular formula is C32H34ClFN4OS. The Morgan fingerprint density at radius 3 is 2.85 bits per heavy atom. The lowest BCUT2D eigenvalue weighted by Crippen LogP contribution is -2.41. The Bertz CT molecular complexity index is 1430. The molecule has 1 N–H and O–H groups in total. The van der Waals surface area contributed by atoms with E-state index in [1.165, 1.54) is 23.3 Å². The first-order valence-electron chi connectivity index (χ1n) is 13.7. The molecule has 0 fully saturated rings. The van der Waals surface area contributed by atoms with Gasteiger partial charge in [-0.05, 0) is 102 Å². The number of hydrogen-bond acceptors (Lipinski definition) is 5. The van der Waals surface area contributed by atoms with Gasteiger partial charge in [-0.25, -0.2) is 4.39 Å². The third-order valence-corrected chi connectivity index (χ3v) is 8.61. The van der Waals surface area contributed by atoms with Gasteiger partial charge in [0, 0.05) is 41.3 Å². The van der Waals surface area contributed by atoms with Crippen molar-refractivity contribution in [2.45, 2.75) is 49.5 Å². The summed E-state index contributed by atoms with van der Waals surface area (Å²) in [6.45, 7) is 2.93. The number of anilines is 1. The molecule has 5 rings (SSSR count). The van der Waals surface area contributed by atoms with E-state index in [-0.39, 0.29) is 30.1 Å². The molecule has 0 saturated carbocycles. The summed E-state index contributed by atoms with van der Waals surface area (Å²) in [6, 6.07) is 20.8. The van der Waals surface area contributed by atoms with Crippen LogP contribution in [0.3, 0.4) is 0 Å². The standard InChI is InChI=1S/C32H34ClFN4OS/c1-22(24-8-3-10-26(34)18-24)17-32(39)38(21-31-35-15-6-16-37(31)2)27-14-13-23-7-4-12-30(29(23)20-27)36-40-28-11-5-9-25(33)19-28/h3,5-6,8-11,13-14,16,18-20,22,30,36H,4,7,12,15,17,21H2,1-2H3. The Labute approximate surface area is 245 Å². The average molecular weight is 577 g/mol. The van der Waals surface area contributed by atoms with Gasteiger partial charge >= 0.3 is 0 Å². The summed E-state index contributed by atoms with van der Waals surface area (Å²) >= 11 is 7.77. The van der Waals surface area contributed by atoms with Crippen molar-refractivity contribution in [1.29, 1.82) is 0 Å². The van der Waals surface area contributed by atoms with E-state index >= 15 is 0 Å². The van der Waals surface area contributed by atoms with Gasteiger partial charge in [-0.15, -0.1) is 0 Å². The highest BCUT2D eigenvalue weighted by atomic mass is 35.5. The number of amides is 1. The Kier molecular flexibility index (Phi) is 9.25. The normalized spacial score (nSPS) is 17.2. The van der Waals surface area contributed by atoms with Gasteiger partial charge in [0.05, 0.1) is 13.1 Å². The first kappa shape index (κ1) is 28.4. The van der Waals surface area contributed by atoms with Crippen molar-refractivity contribution in [3.8, 4) is 0 Å². The number of nitrogens with one attached hydrogen (secondary N) is 1. The van der Waals surface area contributed by atoms with Crippen molar-refractivity contribution >= 4 is 41.0 Å². The zero-order chi connectivity index (χ0) is 28.1. The molecule has 3 aromatic rings. The van der Waals surface area contributed by atoms with E-state index in [4.69, 9.17) is 11.6 Å². The van der Waals surface area contributed by atoms with Gasteiger partial charge in [0.2, 0.25) is 5.91 Å². The second-order valence-corrected chi connectivity index (χ2v) is 11.7. The number of fused-ring (bicyclic) bond motifs is 1. The fraction of sp³-hybridized carbons (Fsp3) is 0.312. The SMILES string of the molecule is CC(CC(=O)N(CC1=NCC=CN1C)c1ccc2c(c1)C(NSc1cccc(Cl)c1)CCC2)c1cccc(F)c1. The van der Waals surface area contributed by atoms with Gasteiger partial charge < -0.3 is 9.80 Å². The molecule has 1 heterocycles. The number of rotatable bonds is 9. The van der Waals surface area contributed by atoms with Crippen LogP contribution in [-0.2, 0) is 11.2 Å². The van der Waals surface area contributed by atoms with E-state index in [0.717, 1.165) is 41.2 Å². The maximum Gasteiger partial charge on any atom is 0.228 e. The summed E-state index contributed by atoms with van der Waals surface area (Å²) in [7, 11) is 1.95. The summed E-state index contributed by atoms with van der Waals surface area (Å²) in [5, 5.41) is 0.713. The van der Waals surface area contributed by atoms with Crippen molar-refractivity contribution in [3.05, 3.63) is 107 Å². The molecule has 0 saturated heterocycles. The van der Waals surface area contributed by atoms with Gasteiger partial charge in [0.25, 0.3) is 0 Å². The number of hydrogen-bond donors (Lipinski definition) is 1. The van der Waals surface area contributed by atoms with Crippen LogP contribution in [-0.4, -0.2) is 36.8 Å². The molecular weight excluding hydrogens is 543 g/mol. The molecule has 0 bridgehead atoms. The van der Waals surface area contributed by atoms with Crippen molar-refractivity contribution in [2.24, 2.45) is 4.99 Å². The third kappa shape index (κ3) is 6.95. The molecule has 208 valence electrons. The van der Waals surface area contributed by atoms with Crippen LogP contribution >= 0.6 is 23.5 Å². The van der Waals surface area contributed by atoms with Gasteiger partial charge in [-0.3, -0.25) is 14.5 Å². The number of benzene rings is 3. The molecule has 40 heavy (non-hydrogen) atoms.